The topological polar surface area (TPSA) is 63.8 Å². The summed E-state index contributed by atoms with van der Waals surface area (Å²) in [5.41, 5.74) is 4.14. The van der Waals surface area contributed by atoms with Gasteiger partial charge in [0.1, 0.15) is 10.7 Å². The highest BCUT2D eigenvalue weighted by Crippen LogP contribution is 2.39. The van der Waals surface area contributed by atoms with Crippen molar-refractivity contribution in [2.45, 2.75) is 25.0 Å². The number of thioether (sulfide) groups is 1. The third kappa shape index (κ3) is 1.80. The van der Waals surface area contributed by atoms with Gasteiger partial charge < -0.3 is 5.43 Å². The molecule has 1 aliphatic rings. The predicted molar refractivity (Wildman–Crippen MR) is 74.5 cm³/mol. The smallest absolute Gasteiger partial charge is 0.152 e. The minimum absolute atomic E-state index is 0.790. The van der Waals surface area contributed by atoms with E-state index in [9.17, 15) is 0 Å². The van der Waals surface area contributed by atoms with Gasteiger partial charge in [-0.15, -0.1) is 11.3 Å². The molecule has 0 bridgehead atoms. The molecule has 4 nitrogen and oxygen atoms in total. The molecule has 0 spiro atoms. The number of aromatic nitrogens is 2. The van der Waals surface area contributed by atoms with E-state index in [1.54, 1.807) is 23.1 Å². The Balaban J connectivity index is 2.22. The first kappa shape index (κ1) is 11.3. The van der Waals surface area contributed by atoms with Crippen LogP contribution in [0.3, 0.4) is 0 Å². The number of hydrogen-bond acceptors (Lipinski definition) is 6. The largest absolute Gasteiger partial charge is 0.308 e. The average molecular weight is 266 g/mol. The molecule has 2 aromatic rings. The van der Waals surface area contributed by atoms with Crippen LogP contribution in [-0.2, 0) is 18.6 Å². The molecule has 0 aliphatic heterocycles. The molecule has 0 amide bonds. The summed E-state index contributed by atoms with van der Waals surface area (Å²) in [7, 11) is 0. The lowest BCUT2D eigenvalue weighted by Gasteiger charge is -2.05. The number of nitrogens with zero attached hydrogens (tertiary/aromatic N) is 2. The van der Waals surface area contributed by atoms with Crippen molar-refractivity contribution in [3.8, 4) is 0 Å². The van der Waals surface area contributed by atoms with E-state index in [0.29, 0.717) is 0 Å². The van der Waals surface area contributed by atoms with Gasteiger partial charge >= 0.3 is 0 Å². The van der Waals surface area contributed by atoms with Crippen LogP contribution in [-0.4, -0.2) is 16.2 Å². The van der Waals surface area contributed by atoms with Gasteiger partial charge in [-0.1, -0.05) is 0 Å². The summed E-state index contributed by atoms with van der Waals surface area (Å²) in [5, 5.41) is 1.15. The zero-order chi connectivity index (χ0) is 11.8. The molecule has 2 aromatic heterocycles. The quantitative estimate of drug-likeness (QED) is 0.659. The normalized spacial score (nSPS) is 14.2. The van der Waals surface area contributed by atoms with Crippen molar-refractivity contribution in [3.05, 3.63) is 16.3 Å². The number of anilines is 1. The van der Waals surface area contributed by atoms with E-state index in [0.717, 1.165) is 34.0 Å². The minimum atomic E-state index is 0.790. The van der Waals surface area contributed by atoms with Crippen molar-refractivity contribution in [2.24, 2.45) is 5.84 Å². The van der Waals surface area contributed by atoms with Crippen molar-refractivity contribution < 1.29 is 0 Å². The number of nitrogens with one attached hydrogen (secondary N) is 1. The SMILES string of the molecule is CSCc1nc(NN)c2c3c(sc2n1)CCC3. The van der Waals surface area contributed by atoms with Crippen LogP contribution in [0.25, 0.3) is 10.2 Å². The molecule has 17 heavy (non-hydrogen) atoms. The number of hydrogen-bond donors (Lipinski definition) is 2. The summed E-state index contributed by atoms with van der Waals surface area (Å²) in [5.74, 6) is 8.07. The van der Waals surface area contributed by atoms with Crippen molar-refractivity contribution in [2.75, 3.05) is 11.7 Å². The van der Waals surface area contributed by atoms with E-state index in [-0.39, 0.29) is 0 Å². The Morgan fingerprint density at radius 3 is 3.06 bits per heavy atom. The maximum atomic E-state index is 5.59. The van der Waals surface area contributed by atoms with E-state index in [1.807, 2.05) is 0 Å². The lowest BCUT2D eigenvalue weighted by molar-refractivity contribution is 0.916. The van der Waals surface area contributed by atoms with Crippen LogP contribution in [0.2, 0.25) is 0 Å². The Hall–Kier alpha value is -0.850. The van der Waals surface area contributed by atoms with Gasteiger partial charge in [0.15, 0.2) is 5.82 Å². The first-order valence-electron chi connectivity index (χ1n) is 5.60. The molecule has 90 valence electrons. The van der Waals surface area contributed by atoms with E-state index in [2.05, 4.69) is 21.6 Å². The van der Waals surface area contributed by atoms with E-state index in [1.165, 1.54) is 23.3 Å². The number of fused-ring (bicyclic) bond motifs is 3. The standard InChI is InChI=1S/C11H14N4S2/c1-16-5-8-13-10(15-12)9-6-3-2-4-7(6)17-11(9)14-8/h2-5,12H2,1H3,(H,13,14,15). The molecule has 1 aliphatic carbocycles. The van der Waals surface area contributed by atoms with Crippen molar-refractivity contribution >= 4 is 39.1 Å². The molecular weight excluding hydrogens is 252 g/mol. The van der Waals surface area contributed by atoms with Gasteiger partial charge in [0.25, 0.3) is 0 Å². The first-order chi connectivity index (χ1) is 8.33. The third-order valence-electron chi connectivity index (χ3n) is 3.02. The van der Waals surface area contributed by atoms with Gasteiger partial charge in [0, 0.05) is 4.88 Å². The van der Waals surface area contributed by atoms with Crippen LogP contribution < -0.4 is 11.3 Å². The second-order valence-electron chi connectivity index (χ2n) is 4.10. The summed E-state index contributed by atoms with van der Waals surface area (Å²) in [6.07, 6.45) is 5.61. The first-order valence-corrected chi connectivity index (χ1v) is 7.81. The Kier molecular flexibility index (Phi) is 2.94. The van der Waals surface area contributed by atoms with Crippen LogP contribution in [0.1, 0.15) is 22.7 Å². The zero-order valence-electron chi connectivity index (χ0n) is 9.62. The number of rotatable bonds is 3. The fourth-order valence-corrected chi connectivity index (χ4v) is 4.01. The lowest BCUT2D eigenvalue weighted by Crippen LogP contribution is -2.11. The summed E-state index contributed by atoms with van der Waals surface area (Å²) in [6.45, 7) is 0. The molecule has 0 saturated heterocycles. The Morgan fingerprint density at radius 1 is 1.41 bits per heavy atom. The monoisotopic (exact) mass is 266 g/mol. The fraction of sp³-hybridized carbons (Fsp3) is 0.455. The molecule has 6 heteroatoms. The number of nitrogen functional groups attached to an aromatic ring is 1. The molecule has 0 fully saturated rings. The highest BCUT2D eigenvalue weighted by molar-refractivity contribution is 7.97. The minimum Gasteiger partial charge on any atom is -0.308 e. The maximum Gasteiger partial charge on any atom is 0.152 e. The van der Waals surface area contributed by atoms with Crippen molar-refractivity contribution in [3.63, 3.8) is 0 Å². The van der Waals surface area contributed by atoms with E-state index >= 15 is 0 Å². The summed E-state index contributed by atoms with van der Waals surface area (Å²) in [6, 6.07) is 0. The van der Waals surface area contributed by atoms with Crippen LogP contribution in [0.5, 0.6) is 0 Å². The molecule has 0 atom stereocenters. The lowest BCUT2D eigenvalue weighted by atomic mass is 10.2. The molecular formula is C11H14N4S2. The second-order valence-corrected chi connectivity index (χ2v) is 6.05. The Labute approximate surface area is 108 Å². The Bertz CT molecular complexity index is 564. The van der Waals surface area contributed by atoms with Gasteiger partial charge in [0.2, 0.25) is 0 Å². The van der Waals surface area contributed by atoms with Crippen molar-refractivity contribution in [1.29, 1.82) is 0 Å². The Morgan fingerprint density at radius 2 is 2.29 bits per heavy atom. The number of aryl methyl sites for hydroxylation is 2. The van der Waals surface area contributed by atoms with Crippen LogP contribution in [0.15, 0.2) is 0 Å². The van der Waals surface area contributed by atoms with Crippen molar-refractivity contribution in [1.82, 2.24) is 9.97 Å². The van der Waals surface area contributed by atoms with Gasteiger partial charge in [-0.2, -0.15) is 11.8 Å². The second kappa shape index (κ2) is 4.44. The number of nitrogens with two attached hydrogens (primary N) is 1. The van der Waals surface area contributed by atoms with Gasteiger partial charge in [-0.3, -0.25) is 0 Å². The molecule has 0 aromatic carbocycles. The average Bonchev–Trinajstić information content (AvgIpc) is 2.88. The highest BCUT2D eigenvalue weighted by atomic mass is 32.2. The fourth-order valence-electron chi connectivity index (χ4n) is 2.34. The molecule has 0 radical (unpaired) electrons. The molecule has 2 heterocycles. The molecule has 0 unspecified atom stereocenters. The molecule has 3 N–H and O–H groups in total. The predicted octanol–water partition coefficient (Wildman–Crippen LogP) is 2.33. The van der Waals surface area contributed by atoms with E-state index in [4.69, 9.17) is 5.84 Å². The third-order valence-corrected chi connectivity index (χ3v) is 4.75. The van der Waals surface area contributed by atoms with Crippen LogP contribution in [0, 0.1) is 0 Å². The van der Waals surface area contributed by atoms with Crippen LogP contribution >= 0.6 is 23.1 Å². The summed E-state index contributed by atoms with van der Waals surface area (Å²) >= 11 is 3.52. The summed E-state index contributed by atoms with van der Waals surface area (Å²) in [4.78, 5) is 11.7. The van der Waals surface area contributed by atoms with Crippen LogP contribution in [0.4, 0.5) is 5.82 Å². The number of hydrazine groups is 1. The van der Waals surface area contributed by atoms with Gasteiger partial charge in [-0.25, -0.2) is 15.8 Å². The van der Waals surface area contributed by atoms with Gasteiger partial charge in [0.05, 0.1) is 11.1 Å². The number of thiophene rings is 1. The highest BCUT2D eigenvalue weighted by Gasteiger charge is 2.21. The zero-order valence-corrected chi connectivity index (χ0v) is 11.2. The molecule has 3 rings (SSSR count). The molecule has 0 saturated carbocycles. The summed E-state index contributed by atoms with van der Waals surface area (Å²) < 4.78 is 0. The maximum absolute atomic E-state index is 5.59. The van der Waals surface area contributed by atoms with E-state index < -0.39 is 0 Å². The van der Waals surface area contributed by atoms with Gasteiger partial charge in [-0.05, 0) is 31.1 Å².